The van der Waals surface area contributed by atoms with Gasteiger partial charge in [-0.15, -0.1) is 0 Å². The molecule has 0 fully saturated rings. The summed E-state index contributed by atoms with van der Waals surface area (Å²) in [6.45, 7) is 1.70. The molecule has 0 amide bonds. The molecule has 0 aliphatic carbocycles. The Labute approximate surface area is 81.6 Å². The van der Waals surface area contributed by atoms with Crippen LogP contribution in [0.2, 0.25) is 0 Å². The van der Waals surface area contributed by atoms with Gasteiger partial charge in [0.1, 0.15) is 0 Å². The summed E-state index contributed by atoms with van der Waals surface area (Å²) in [6, 6.07) is 4.48. The number of nitrogens with zero attached hydrogens (tertiary/aromatic N) is 1. The van der Waals surface area contributed by atoms with E-state index in [0.29, 0.717) is 5.56 Å². The molecule has 0 aromatic heterocycles. The maximum absolute atomic E-state index is 10.8. The van der Waals surface area contributed by atoms with Crippen LogP contribution in [0.4, 0.5) is 5.69 Å². The van der Waals surface area contributed by atoms with E-state index in [2.05, 4.69) is 0 Å². The fourth-order valence-electron chi connectivity index (χ4n) is 1.27. The lowest BCUT2D eigenvalue weighted by molar-refractivity contribution is -0.386. The topological polar surface area (TPSA) is 78.4 Å². The van der Waals surface area contributed by atoms with Crippen molar-refractivity contribution in [2.75, 3.05) is 7.11 Å². The number of nitro benzene ring substituents is 1. The fraction of sp³-hybridized carbons (Fsp3) is 0.333. The zero-order chi connectivity index (χ0) is 10.7. The van der Waals surface area contributed by atoms with Crippen LogP contribution in [0.3, 0.4) is 0 Å². The first-order valence-corrected chi connectivity index (χ1v) is 4.14. The van der Waals surface area contributed by atoms with Gasteiger partial charge < -0.3 is 10.5 Å². The first-order chi connectivity index (χ1) is 6.57. The predicted octanol–water partition coefficient (Wildman–Crippen LogP) is 1.62. The number of benzene rings is 1. The van der Waals surface area contributed by atoms with E-state index in [1.807, 2.05) is 0 Å². The van der Waals surface area contributed by atoms with E-state index in [1.54, 1.807) is 25.1 Å². The molecule has 1 atom stereocenters. The largest absolute Gasteiger partial charge is 0.490 e. The van der Waals surface area contributed by atoms with Crippen molar-refractivity contribution in [2.45, 2.75) is 13.0 Å². The first kappa shape index (κ1) is 10.5. The molecule has 0 saturated carbocycles. The van der Waals surface area contributed by atoms with Gasteiger partial charge in [-0.1, -0.05) is 12.1 Å². The highest BCUT2D eigenvalue weighted by atomic mass is 16.6. The van der Waals surface area contributed by atoms with E-state index in [4.69, 9.17) is 10.5 Å². The molecule has 0 heterocycles. The number of para-hydroxylation sites is 1. The normalized spacial score (nSPS) is 12.2. The van der Waals surface area contributed by atoms with E-state index in [9.17, 15) is 10.1 Å². The second-order valence-corrected chi connectivity index (χ2v) is 2.94. The Hall–Kier alpha value is -1.62. The highest BCUT2D eigenvalue weighted by Crippen LogP contribution is 2.33. The van der Waals surface area contributed by atoms with Gasteiger partial charge in [0.2, 0.25) is 0 Å². The predicted molar refractivity (Wildman–Crippen MR) is 52.3 cm³/mol. The fourth-order valence-corrected chi connectivity index (χ4v) is 1.27. The van der Waals surface area contributed by atoms with Crippen LogP contribution in [0.25, 0.3) is 0 Å². The molecule has 0 aliphatic rings. The van der Waals surface area contributed by atoms with Gasteiger partial charge in [-0.3, -0.25) is 10.1 Å². The number of rotatable bonds is 3. The van der Waals surface area contributed by atoms with Gasteiger partial charge in [-0.2, -0.15) is 0 Å². The Morgan fingerprint density at radius 3 is 2.64 bits per heavy atom. The number of nitro groups is 1. The molecule has 76 valence electrons. The first-order valence-electron chi connectivity index (χ1n) is 4.14. The van der Waals surface area contributed by atoms with Crippen molar-refractivity contribution in [3.63, 3.8) is 0 Å². The van der Waals surface area contributed by atoms with Crippen molar-refractivity contribution in [3.8, 4) is 5.75 Å². The van der Waals surface area contributed by atoms with Gasteiger partial charge in [0.25, 0.3) is 0 Å². The van der Waals surface area contributed by atoms with E-state index in [1.165, 1.54) is 7.11 Å². The number of hydrogen-bond acceptors (Lipinski definition) is 4. The van der Waals surface area contributed by atoms with E-state index < -0.39 is 4.92 Å². The Kier molecular flexibility index (Phi) is 3.03. The van der Waals surface area contributed by atoms with Crippen LogP contribution in [-0.4, -0.2) is 12.0 Å². The molecule has 0 spiro atoms. The van der Waals surface area contributed by atoms with Gasteiger partial charge >= 0.3 is 5.69 Å². The molecule has 0 unspecified atom stereocenters. The summed E-state index contributed by atoms with van der Waals surface area (Å²) in [6.07, 6.45) is 0. The average molecular weight is 196 g/mol. The molecular formula is C9H12N2O3. The van der Waals surface area contributed by atoms with Crippen LogP contribution < -0.4 is 10.5 Å². The van der Waals surface area contributed by atoms with Crippen LogP contribution in [0.5, 0.6) is 5.75 Å². The molecule has 5 heteroatoms. The maximum Gasteiger partial charge on any atom is 0.315 e. The molecule has 1 aromatic rings. The van der Waals surface area contributed by atoms with E-state index in [-0.39, 0.29) is 17.5 Å². The molecule has 1 rings (SSSR count). The smallest absolute Gasteiger partial charge is 0.315 e. The highest BCUT2D eigenvalue weighted by Gasteiger charge is 2.21. The molecule has 5 nitrogen and oxygen atoms in total. The molecule has 0 aliphatic heterocycles. The lowest BCUT2D eigenvalue weighted by Gasteiger charge is -2.08. The third-order valence-electron chi connectivity index (χ3n) is 1.92. The molecule has 0 radical (unpaired) electrons. The highest BCUT2D eigenvalue weighted by molar-refractivity contribution is 5.53. The summed E-state index contributed by atoms with van der Waals surface area (Å²) >= 11 is 0. The molecule has 14 heavy (non-hydrogen) atoms. The van der Waals surface area contributed by atoms with Crippen LogP contribution in [0, 0.1) is 10.1 Å². The molecular weight excluding hydrogens is 184 g/mol. The second kappa shape index (κ2) is 4.06. The summed E-state index contributed by atoms with van der Waals surface area (Å²) in [4.78, 5) is 10.3. The number of ether oxygens (including phenoxy) is 1. The monoisotopic (exact) mass is 196 g/mol. The third kappa shape index (κ3) is 1.82. The lowest BCUT2D eigenvalue weighted by atomic mass is 10.1. The third-order valence-corrected chi connectivity index (χ3v) is 1.92. The zero-order valence-electron chi connectivity index (χ0n) is 8.06. The Morgan fingerprint density at radius 1 is 1.57 bits per heavy atom. The lowest BCUT2D eigenvalue weighted by Crippen LogP contribution is -2.08. The van der Waals surface area contributed by atoms with Crippen LogP contribution in [0.1, 0.15) is 18.5 Å². The van der Waals surface area contributed by atoms with Crippen molar-refractivity contribution < 1.29 is 9.66 Å². The number of hydrogen-bond donors (Lipinski definition) is 1. The van der Waals surface area contributed by atoms with Crippen molar-refractivity contribution in [3.05, 3.63) is 33.9 Å². The van der Waals surface area contributed by atoms with Gasteiger partial charge in [-0.25, -0.2) is 0 Å². The Bertz CT molecular complexity index is 350. The van der Waals surface area contributed by atoms with Crippen molar-refractivity contribution in [2.24, 2.45) is 5.73 Å². The SMILES string of the molecule is COc1cccc([C@H](C)N)c1[N+](=O)[O-]. The summed E-state index contributed by atoms with van der Waals surface area (Å²) in [7, 11) is 1.40. The van der Waals surface area contributed by atoms with Crippen molar-refractivity contribution in [1.29, 1.82) is 0 Å². The minimum Gasteiger partial charge on any atom is -0.490 e. The summed E-state index contributed by atoms with van der Waals surface area (Å²) in [5.41, 5.74) is 6.05. The quantitative estimate of drug-likeness (QED) is 0.588. The van der Waals surface area contributed by atoms with Gasteiger partial charge in [0.05, 0.1) is 17.6 Å². The van der Waals surface area contributed by atoms with Crippen LogP contribution >= 0.6 is 0 Å². The molecule has 2 N–H and O–H groups in total. The van der Waals surface area contributed by atoms with Gasteiger partial charge in [-0.05, 0) is 13.0 Å². The number of nitrogens with two attached hydrogens (primary N) is 1. The molecule has 1 aromatic carbocycles. The summed E-state index contributed by atoms with van der Waals surface area (Å²) in [5.74, 6) is 0.241. The Balaban J connectivity index is 3.35. The molecule has 0 saturated heterocycles. The zero-order valence-corrected chi connectivity index (χ0v) is 8.06. The molecule has 0 bridgehead atoms. The minimum absolute atomic E-state index is 0.0509. The number of methoxy groups -OCH3 is 1. The minimum atomic E-state index is -0.475. The van der Waals surface area contributed by atoms with Gasteiger partial charge in [0.15, 0.2) is 5.75 Å². The maximum atomic E-state index is 10.8. The van der Waals surface area contributed by atoms with Crippen molar-refractivity contribution >= 4 is 5.69 Å². The summed E-state index contributed by atoms with van der Waals surface area (Å²) < 4.78 is 4.90. The van der Waals surface area contributed by atoms with E-state index >= 15 is 0 Å². The van der Waals surface area contributed by atoms with Crippen molar-refractivity contribution in [1.82, 2.24) is 0 Å². The van der Waals surface area contributed by atoms with Crippen LogP contribution in [-0.2, 0) is 0 Å². The average Bonchev–Trinajstić information content (AvgIpc) is 2.16. The Morgan fingerprint density at radius 2 is 2.21 bits per heavy atom. The van der Waals surface area contributed by atoms with Crippen LogP contribution in [0.15, 0.2) is 18.2 Å². The van der Waals surface area contributed by atoms with Gasteiger partial charge in [0, 0.05) is 6.04 Å². The van der Waals surface area contributed by atoms with E-state index in [0.717, 1.165) is 0 Å². The summed E-state index contributed by atoms with van der Waals surface area (Å²) in [5, 5.41) is 10.8. The second-order valence-electron chi connectivity index (χ2n) is 2.94. The standard InChI is InChI=1S/C9H12N2O3/c1-6(10)7-4-3-5-8(14-2)9(7)11(12)13/h3-6H,10H2,1-2H3/t6-/m0/s1.